The molecule has 11 heteroatoms. The number of aryl methyl sites for hydroxylation is 2. The fraction of sp³-hybridized carbons (Fsp3) is 0.552. The molecule has 0 aromatic heterocycles. The summed E-state index contributed by atoms with van der Waals surface area (Å²) in [6.07, 6.45) is 1.71. The Labute approximate surface area is 229 Å². The lowest BCUT2D eigenvalue weighted by Gasteiger charge is -2.35. The summed E-state index contributed by atoms with van der Waals surface area (Å²) in [4.78, 5) is 2.51. The third-order valence-electron chi connectivity index (χ3n) is 8.73. The molecule has 0 bridgehead atoms. The Morgan fingerprint density at radius 3 is 2.15 bits per heavy atom. The van der Waals surface area contributed by atoms with Gasteiger partial charge in [0, 0.05) is 18.8 Å². The summed E-state index contributed by atoms with van der Waals surface area (Å²) in [5, 5.41) is 7.51. The van der Waals surface area contributed by atoms with Crippen LogP contribution in [0.4, 0.5) is 32.0 Å². The van der Waals surface area contributed by atoms with Crippen LogP contribution in [0, 0.1) is 5.92 Å². The van der Waals surface area contributed by atoms with Gasteiger partial charge in [-0.2, -0.15) is 31.4 Å². The Hall–Kier alpha value is -2.95. The monoisotopic (exact) mass is 565 g/mol. The van der Waals surface area contributed by atoms with Crippen LogP contribution in [0.25, 0.3) is 0 Å². The Morgan fingerprint density at radius 2 is 1.48 bits per heavy atom. The van der Waals surface area contributed by atoms with Crippen LogP contribution >= 0.6 is 0 Å². The number of anilines is 1. The zero-order valence-corrected chi connectivity index (χ0v) is 22.2. The van der Waals surface area contributed by atoms with Gasteiger partial charge in [-0.1, -0.05) is 18.9 Å². The molecule has 0 unspecified atom stereocenters. The molecular formula is C29H33F6N5. The number of nitrogens with one attached hydrogen (secondary N) is 1. The van der Waals surface area contributed by atoms with Crippen LogP contribution in [-0.2, 0) is 31.7 Å². The lowest BCUT2D eigenvalue weighted by atomic mass is 9.96. The van der Waals surface area contributed by atoms with Gasteiger partial charge < -0.3 is 4.90 Å². The maximum Gasteiger partial charge on any atom is 0.416 e. The van der Waals surface area contributed by atoms with Crippen molar-refractivity contribution in [2.24, 2.45) is 11.0 Å². The number of rotatable bonds is 5. The van der Waals surface area contributed by atoms with Gasteiger partial charge in [0.05, 0.1) is 23.7 Å². The molecule has 1 fully saturated rings. The van der Waals surface area contributed by atoms with Crippen LogP contribution in [0.2, 0.25) is 0 Å². The lowest BCUT2D eigenvalue weighted by Crippen LogP contribution is -2.44. The van der Waals surface area contributed by atoms with Crippen molar-refractivity contribution in [1.82, 2.24) is 15.7 Å². The van der Waals surface area contributed by atoms with Gasteiger partial charge in [0.2, 0.25) is 0 Å². The molecule has 2 heterocycles. The van der Waals surface area contributed by atoms with Crippen LogP contribution in [0.3, 0.4) is 0 Å². The van der Waals surface area contributed by atoms with Gasteiger partial charge in [-0.05, 0) is 97.4 Å². The molecule has 40 heavy (non-hydrogen) atoms. The number of hydrazone groups is 1. The van der Waals surface area contributed by atoms with E-state index in [1.807, 2.05) is 5.01 Å². The van der Waals surface area contributed by atoms with E-state index in [1.54, 1.807) is 6.34 Å². The van der Waals surface area contributed by atoms with E-state index < -0.39 is 23.5 Å². The maximum atomic E-state index is 13.5. The van der Waals surface area contributed by atoms with Crippen molar-refractivity contribution in [3.8, 4) is 0 Å². The molecule has 1 N–H and O–H groups in total. The van der Waals surface area contributed by atoms with Crippen LogP contribution < -0.4 is 10.4 Å². The van der Waals surface area contributed by atoms with Gasteiger partial charge in [0.25, 0.3) is 0 Å². The van der Waals surface area contributed by atoms with Crippen molar-refractivity contribution in [3.05, 3.63) is 63.7 Å². The Morgan fingerprint density at radius 1 is 0.800 bits per heavy atom. The minimum absolute atomic E-state index is 0.101. The molecule has 2 aromatic rings. The summed E-state index contributed by atoms with van der Waals surface area (Å²) in [5.41, 5.74) is 5.12. The van der Waals surface area contributed by atoms with Gasteiger partial charge in [0.15, 0.2) is 0 Å². The standard InChI is InChI=1S/C29H33F6N5/c30-28(31,32)23-11-20(12-24(15-23)29(33,34)35)17-40-37-36-18-39(40)26-9-4-10-38(16-19-5-1-2-6-19)27-14-22-8-3-7-21(22)13-25(26)27/h11-15,18-19,26,37H,1-10,16-17H2/t26-/m0/s1. The number of benzene rings is 2. The third-order valence-corrected chi connectivity index (χ3v) is 8.73. The van der Waals surface area contributed by atoms with Crippen molar-refractivity contribution in [2.45, 2.75) is 82.7 Å². The number of hydrazine groups is 2. The smallest absolute Gasteiger partial charge is 0.371 e. The van der Waals surface area contributed by atoms with E-state index in [0.29, 0.717) is 5.92 Å². The van der Waals surface area contributed by atoms with E-state index in [2.05, 4.69) is 27.7 Å². The molecule has 0 radical (unpaired) electrons. The molecule has 0 saturated heterocycles. The lowest BCUT2D eigenvalue weighted by molar-refractivity contribution is -0.143. The fourth-order valence-electron chi connectivity index (χ4n) is 6.81. The van der Waals surface area contributed by atoms with Gasteiger partial charge in [-0.3, -0.25) is 5.01 Å². The predicted octanol–water partition coefficient (Wildman–Crippen LogP) is 7.23. The molecule has 1 saturated carbocycles. The van der Waals surface area contributed by atoms with Gasteiger partial charge in [-0.15, -0.1) is 5.12 Å². The molecule has 4 aliphatic rings. The normalized spacial score (nSPS) is 22.0. The molecular weight excluding hydrogens is 532 g/mol. The summed E-state index contributed by atoms with van der Waals surface area (Å²) in [6, 6.07) is 6.19. The molecule has 2 aromatic carbocycles. The minimum atomic E-state index is -4.89. The first-order valence-corrected chi connectivity index (χ1v) is 14.1. The molecule has 0 spiro atoms. The number of nitrogens with zero attached hydrogens (tertiary/aromatic N) is 4. The maximum absolute atomic E-state index is 13.5. The summed E-state index contributed by atoms with van der Waals surface area (Å²) in [5.74, 6) is 0.674. The first-order chi connectivity index (χ1) is 19.1. The second kappa shape index (κ2) is 10.5. The topological polar surface area (TPSA) is 34.1 Å². The summed E-state index contributed by atoms with van der Waals surface area (Å²) < 4.78 is 80.9. The number of fused-ring (bicyclic) bond motifs is 2. The Kier molecular flexibility index (Phi) is 7.13. The van der Waals surface area contributed by atoms with Crippen LogP contribution in [-0.4, -0.2) is 29.6 Å². The van der Waals surface area contributed by atoms with Gasteiger partial charge in [-0.25, -0.2) is 5.53 Å². The fourth-order valence-corrected chi connectivity index (χ4v) is 6.81. The highest BCUT2D eigenvalue weighted by Gasteiger charge is 2.38. The van der Waals surface area contributed by atoms with E-state index in [-0.39, 0.29) is 24.2 Å². The molecule has 6 rings (SSSR count). The first kappa shape index (κ1) is 27.2. The zero-order chi connectivity index (χ0) is 28.1. The van der Waals surface area contributed by atoms with Crippen molar-refractivity contribution in [3.63, 3.8) is 0 Å². The van der Waals surface area contributed by atoms with Gasteiger partial charge >= 0.3 is 12.4 Å². The molecule has 1 atom stereocenters. The highest BCUT2D eigenvalue weighted by Crippen LogP contribution is 2.42. The second-order valence-electron chi connectivity index (χ2n) is 11.5. The van der Waals surface area contributed by atoms with Crippen molar-refractivity contribution < 1.29 is 26.3 Å². The third kappa shape index (κ3) is 5.49. The highest BCUT2D eigenvalue weighted by molar-refractivity contribution is 5.63. The van der Waals surface area contributed by atoms with E-state index >= 15 is 0 Å². The van der Waals surface area contributed by atoms with E-state index in [1.165, 1.54) is 47.6 Å². The van der Waals surface area contributed by atoms with Gasteiger partial charge in [0.1, 0.15) is 6.34 Å². The summed E-state index contributed by atoms with van der Waals surface area (Å²) in [7, 11) is 0. The van der Waals surface area contributed by atoms with Crippen molar-refractivity contribution in [1.29, 1.82) is 0 Å². The molecule has 5 nitrogen and oxygen atoms in total. The first-order valence-electron chi connectivity index (χ1n) is 14.1. The Balaban J connectivity index is 1.32. The van der Waals surface area contributed by atoms with Crippen molar-refractivity contribution in [2.75, 3.05) is 18.0 Å². The second-order valence-corrected chi connectivity index (χ2v) is 11.5. The van der Waals surface area contributed by atoms with Crippen LogP contribution in [0.15, 0.2) is 35.4 Å². The number of hydrogen-bond acceptors (Lipinski definition) is 5. The number of halogens is 6. The number of alkyl halides is 6. The quantitative estimate of drug-likeness (QED) is 0.388. The van der Waals surface area contributed by atoms with E-state index in [9.17, 15) is 26.3 Å². The average molecular weight is 566 g/mol. The van der Waals surface area contributed by atoms with E-state index in [4.69, 9.17) is 0 Å². The van der Waals surface area contributed by atoms with Crippen LogP contribution in [0.1, 0.15) is 84.4 Å². The molecule has 2 aliphatic heterocycles. The summed E-state index contributed by atoms with van der Waals surface area (Å²) >= 11 is 0. The van der Waals surface area contributed by atoms with E-state index in [0.717, 1.165) is 62.9 Å². The largest absolute Gasteiger partial charge is 0.416 e. The van der Waals surface area contributed by atoms with Crippen molar-refractivity contribution >= 4 is 12.0 Å². The molecule has 216 valence electrons. The molecule has 2 aliphatic carbocycles. The zero-order valence-electron chi connectivity index (χ0n) is 22.2. The average Bonchev–Trinajstić information content (AvgIpc) is 3.65. The highest BCUT2D eigenvalue weighted by atomic mass is 19.4. The predicted molar refractivity (Wildman–Crippen MR) is 140 cm³/mol. The SMILES string of the molecule is FC(F)(F)c1cc(CN2NN=CN2[C@H]2CCCN(CC3CCCC3)c3cc4c(cc32)CCC4)cc(C(F)(F)F)c1. The summed E-state index contributed by atoms with van der Waals surface area (Å²) in [6.45, 7) is 1.72. The number of hydrogen-bond donors (Lipinski definition) is 1. The minimum Gasteiger partial charge on any atom is -0.371 e. The Bertz CT molecular complexity index is 1230. The molecule has 0 amide bonds. The van der Waals surface area contributed by atoms with Crippen LogP contribution in [0.5, 0.6) is 0 Å².